The van der Waals surface area contributed by atoms with Crippen LogP contribution in [0.4, 0.5) is 4.39 Å². The highest BCUT2D eigenvalue weighted by Crippen LogP contribution is 2.20. The maximum absolute atomic E-state index is 13.4. The van der Waals surface area contributed by atoms with Gasteiger partial charge in [0.25, 0.3) is 5.91 Å². The molecule has 0 fully saturated rings. The SMILES string of the molecule is COc1ccc(F)cc1COC(=O)[C@H](NC(=O)c1ccccc1C)C(C)C. The first-order valence-corrected chi connectivity index (χ1v) is 8.69. The van der Waals surface area contributed by atoms with E-state index in [4.69, 9.17) is 9.47 Å². The second kappa shape index (κ2) is 9.16. The number of hydrogen-bond acceptors (Lipinski definition) is 4. The highest BCUT2D eigenvalue weighted by atomic mass is 19.1. The molecule has 27 heavy (non-hydrogen) atoms. The predicted octanol–water partition coefficient (Wildman–Crippen LogP) is 3.64. The molecule has 2 aromatic carbocycles. The van der Waals surface area contributed by atoms with Crippen LogP contribution in [0.2, 0.25) is 0 Å². The van der Waals surface area contributed by atoms with Gasteiger partial charge in [0.05, 0.1) is 7.11 Å². The molecular formula is C21H24FNO4. The fraction of sp³-hybridized carbons (Fsp3) is 0.333. The molecule has 0 aliphatic heterocycles. The summed E-state index contributed by atoms with van der Waals surface area (Å²) in [6.45, 7) is 5.30. The Morgan fingerprint density at radius 3 is 2.48 bits per heavy atom. The van der Waals surface area contributed by atoms with Gasteiger partial charge < -0.3 is 14.8 Å². The Labute approximate surface area is 158 Å². The molecule has 1 atom stereocenters. The quantitative estimate of drug-likeness (QED) is 0.753. The summed E-state index contributed by atoms with van der Waals surface area (Å²) in [5.41, 5.74) is 1.73. The van der Waals surface area contributed by atoms with Crippen LogP contribution >= 0.6 is 0 Å². The highest BCUT2D eigenvalue weighted by Gasteiger charge is 2.27. The topological polar surface area (TPSA) is 64.6 Å². The van der Waals surface area contributed by atoms with Crippen molar-refractivity contribution in [3.05, 3.63) is 65.0 Å². The molecule has 0 spiro atoms. The van der Waals surface area contributed by atoms with Gasteiger partial charge in [0.15, 0.2) is 0 Å². The van der Waals surface area contributed by atoms with Crippen LogP contribution in [0, 0.1) is 18.7 Å². The third-order valence-corrected chi connectivity index (χ3v) is 4.21. The van der Waals surface area contributed by atoms with Gasteiger partial charge in [-0.25, -0.2) is 9.18 Å². The molecule has 6 heteroatoms. The van der Waals surface area contributed by atoms with Crippen LogP contribution in [0.3, 0.4) is 0 Å². The molecule has 2 rings (SSSR count). The van der Waals surface area contributed by atoms with Crippen molar-refractivity contribution in [1.29, 1.82) is 0 Å². The van der Waals surface area contributed by atoms with E-state index >= 15 is 0 Å². The summed E-state index contributed by atoms with van der Waals surface area (Å²) in [7, 11) is 1.46. The number of hydrogen-bond donors (Lipinski definition) is 1. The number of carbonyl (C=O) groups excluding carboxylic acids is 2. The minimum Gasteiger partial charge on any atom is -0.496 e. The van der Waals surface area contributed by atoms with Crippen LogP contribution < -0.4 is 10.1 Å². The van der Waals surface area contributed by atoms with Crippen LogP contribution in [0.15, 0.2) is 42.5 Å². The van der Waals surface area contributed by atoms with Crippen molar-refractivity contribution in [3.63, 3.8) is 0 Å². The largest absolute Gasteiger partial charge is 0.496 e. The van der Waals surface area contributed by atoms with E-state index in [-0.39, 0.29) is 18.4 Å². The normalized spacial score (nSPS) is 11.8. The molecule has 0 aliphatic carbocycles. The standard InChI is InChI=1S/C21H24FNO4/c1-13(2)19(23-20(24)17-8-6-5-7-14(17)3)21(25)27-12-15-11-16(22)9-10-18(15)26-4/h5-11,13,19H,12H2,1-4H3,(H,23,24)/t19-/m1/s1. The van der Waals surface area contributed by atoms with Crippen LogP contribution in [0.5, 0.6) is 5.75 Å². The molecule has 0 radical (unpaired) electrons. The first-order valence-electron chi connectivity index (χ1n) is 8.69. The molecule has 5 nitrogen and oxygen atoms in total. The number of aryl methyl sites for hydroxylation is 1. The average Bonchev–Trinajstić information content (AvgIpc) is 2.64. The Morgan fingerprint density at radius 2 is 1.85 bits per heavy atom. The number of carbonyl (C=O) groups is 2. The Bertz CT molecular complexity index is 820. The zero-order chi connectivity index (χ0) is 20.0. The smallest absolute Gasteiger partial charge is 0.329 e. The second-order valence-corrected chi connectivity index (χ2v) is 6.57. The molecule has 0 heterocycles. The zero-order valence-corrected chi connectivity index (χ0v) is 15.9. The summed E-state index contributed by atoms with van der Waals surface area (Å²) in [5, 5.41) is 2.73. The van der Waals surface area contributed by atoms with Crippen molar-refractivity contribution >= 4 is 11.9 Å². The number of benzene rings is 2. The van der Waals surface area contributed by atoms with Gasteiger partial charge in [0, 0.05) is 11.1 Å². The van der Waals surface area contributed by atoms with Gasteiger partial charge in [-0.15, -0.1) is 0 Å². The van der Waals surface area contributed by atoms with Gasteiger partial charge in [-0.1, -0.05) is 32.0 Å². The van der Waals surface area contributed by atoms with Crippen molar-refractivity contribution < 1.29 is 23.5 Å². The zero-order valence-electron chi connectivity index (χ0n) is 15.9. The summed E-state index contributed by atoms with van der Waals surface area (Å²) in [5.74, 6) is -1.13. The monoisotopic (exact) mass is 373 g/mol. The molecule has 0 aromatic heterocycles. The number of methoxy groups -OCH3 is 1. The minimum absolute atomic E-state index is 0.150. The van der Waals surface area contributed by atoms with Crippen molar-refractivity contribution in [3.8, 4) is 5.75 Å². The lowest BCUT2D eigenvalue weighted by Crippen LogP contribution is -2.45. The van der Waals surface area contributed by atoms with Gasteiger partial charge in [-0.2, -0.15) is 0 Å². The van der Waals surface area contributed by atoms with Gasteiger partial charge >= 0.3 is 5.97 Å². The first kappa shape index (κ1) is 20.4. The molecule has 0 aliphatic rings. The van der Waals surface area contributed by atoms with Gasteiger partial charge in [-0.05, 0) is 42.7 Å². The molecule has 1 amide bonds. The van der Waals surface area contributed by atoms with Crippen molar-refractivity contribution in [2.75, 3.05) is 7.11 Å². The van der Waals surface area contributed by atoms with E-state index in [1.165, 1.54) is 25.3 Å². The van der Waals surface area contributed by atoms with E-state index < -0.39 is 17.8 Å². The van der Waals surface area contributed by atoms with Crippen LogP contribution in [-0.4, -0.2) is 25.0 Å². The third-order valence-electron chi connectivity index (χ3n) is 4.21. The van der Waals surface area contributed by atoms with Crippen LogP contribution in [0.1, 0.15) is 35.3 Å². The van der Waals surface area contributed by atoms with E-state index in [0.717, 1.165) is 5.56 Å². The van der Waals surface area contributed by atoms with Gasteiger partial charge in [-0.3, -0.25) is 4.79 Å². The molecule has 0 unspecified atom stereocenters. The summed E-state index contributed by atoms with van der Waals surface area (Å²) in [6.07, 6.45) is 0. The Balaban J connectivity index is 2.08. The van der Waals surface area contributed by atoms with Crippen molar-refractivity contribution in [1.82, 2.24) is 5.32 Å². The number of esters is 1. The van der Waals surface area contributed by atoms with E-state index in [9.17, 15) is 14.0 Å². The van der Waals surface area contributed by atoms with E-state index in [2.05, 4.69) is 5.32 Å². The summed E-state index contributed by atoms with van der Waals surface area (Å²) in [4.78, 5) is 25.0. The third kappa shape index (κ3) is 5.29. The van der Waals surface area contributed by atoms with Crippen molar-refractivity contribution in [2.24, 2.45) is 5.92 Å². The Hall–Kier alpha value is -2.89. The Morgan fingerprint density at radius 1 is 1.15 bits per heavy atom. The molecule has 0 saturated carbocycles. The van der Waals surface area contributed by atoms with Crippen LogP contribution in [0.25, 0.3) is 0 Å². The summed E-state index contributed by atoms with van der Waals surface area (Å²) >= 11 is 0. The number of amides is 1. The number of ether oxygens (including phenoxy) is 2. The predicted molar refractivity (Wildman–Crippen MR) is 100 cm³/mol. The van der Waals surface area contributed by atoms with E-state index in [0.29, 0.717) is 16.9 Å². The molecular weight excluding hydrogens is 349 g/mol. The minimum atomic E-state index is -0.823. The van der Waals surface area contributed by atoms with Crippen LogP contribution in [-0.2, 0) is 16.1 Å². The number of rotatable bonds is 7. The fourth-order valence-corrected chi connectivity index (χ4v) is 2.64. The lowest BCUT2D eigenvalue weighted by atomic mass is 10.0. The molecule has 0 bridgehead atoms. The Kier molecular flexibility index (Phi) is 6.93. The first-order chi connectivity index (χ1) is 12.8. The molecule has 2 aromatic rings. The maximum Gasteiger partial charge on any atom is 0.329 e. The van der Waals surface area contributed by atoms with Gasteiger partial charge in [0.1, 0.15) is 24.2 Å². The number of halogens is 1. The van der Waals surface area contributed by atoms with Gasteiger partial charge in [0.2, 0.25) is 0 Å². The van der Waals surface area contributed by atoms with E-state index in [1.807, 2.05) is 32.9 Å². The maximum atomic E-state index is 13.4. The lowest BCUT2D eigenvalue weighted by molar-refractivity contribution is -0.148. The van der Waals surface area contributed by atoms with Crippen molar-refractivity contribution in [2.45, 2.75) is 33.4 Å². The number of nitrogens with one attached hydrogen (secondary N) is 1. The molecule has 0 saturated heterocycles. The second-order valence-electron chi connectivity index (χ2n) is 6.57. The highest BCUT2D eigenvalue weighted by molar-refractivity contribution is 5.98. The lowest BCUT2D eigenvalue weighted by Gasteiger charge is -2.21. The van der Waals surface area contributed by atoms with E-state index in [1.54, 1.807) is 12.1 Å². The summed E-state index contributed by atoms with van der Waals surface area (Å²) in [6, 6.07) is 10.3. The molecule has 1 N–H and O–H groups in total. The average molecular weight is 373 g/mol. The fourth-order valence-electron chi connectivity index (χ4n) is 2.64. The summed E-state index contributed by atoms with van der Waals surface area (Å²) < 4.78 is 23.9. The molecule has 144 valence electrons.